The van der Waals surface area contributed by atoms with Crippen molar-refractivity contribution in [1.29, 1.82) is 0 Å². The molecule has 0 saturated carbocycles. The van der Waals surface area contributed by atoms with Crippen LogP contribution in [0.4, 0.5) is 4.79 Å². The molecule has 4 atom stereocenters. The van der Waals surface area contributed by atoms with Gasteiger partial charge in [-0.05, 0) is 52.1 Å². The monoisotopic (exact) mass is 603 g/mol. The van der Waals surface area contributed by atoms with Crippen LogP contribution in [0.5, 0.6) is 0 Å². The van der Waals surface area contributed by atoms with Crippen LogP contribution in [0.2, 0.25) is 0 Å². The molecule has 8 nitrogen and oxygen atoms in total. The van der Waals surface area contributed by atoms with E-state index in [1.807, 2.05) is 79.1 Å². The Kier molecular flexibility index (Phi) is 9.35. The van der Waals surface area contributed by atoms with Crippen LogP contribution in [0.25, 0.3) is 22.2 Å². The lowest BCUT2D eigenvalue weighted by atomic mass is 9.90. The Morgan fingerprint density at radius 3 is 2.53 bits per heavy atom. The summed E-state index contributed by atoms with van der Waals surface area (Å²) >= 11 is 0. The molecule has 1 aromatic heterocycles. The van der Waals surface area contributed by atoms with Gasteiger partial charge in [-0.25, -0.2) is 9.78 Å². The van der Waals surface area contributed by atoms with Crippen molar-refractivity contribution in [2.45, 2.75) is 45.1 Å². The number of ether oxygens (including phenoxy) is 3. The lowest BCUT2D eigenvalue weighted by Crippen LogP contribution is -2.39. The second-order valence-electron chi connectivity index (χ2n) is 11.3. The summed E-state index contributed by atoms with van der Waals surface area (Å²) in [4.78, 5) is 16.5. The van der Waals surface area contributed by atoms with Gasteiger partial charge >= 0.3 is 6.09 Å². The molecule has 2 heterocycles. The maximum Gasteiger partial charge on any atom is 0.407 e. The lowest BCUT2D eigenvalue weighted by Gasteiger charge is -2.41. The van der Waals surface area contributed by atoms with Gasteiger partial charge in [0.05, 0.1) is 42.7 Å². The number of hydrogen-bond acceptors (Lipinski definition) is 6. The fourth-order valence-electron chi connectivity index (χ4n) is 5.76. The first-order chi connectivity index (χ1) is 22.0. The molecule has 0 radical (unpaired) electrons. The summed E-state index contributed by atoms with van der Waals surface area (Å²) in [6, 6.07) is 32.3. The van der Waals surface area contributed by atoms with Crippen LogP contribution in [0.3, 0.4) is 0 Å². The summed E-state index contributed by atoms with van der Waals surface area (Å²) in [5, 5.41) is 12.4. The van der Waals surface area contributed by atoms with Crippen LogP contribution >= 0.6 is 0 Å². The number of aromatic nitrogens is 2. The summed E-state index contributed by atoms with van der Waals surface area (Å²) in [5.74, 6) is 0.0351. The smallest absolute Gasteiger partial charge is 0.407 e. The van der Waals surface area contributed by atoms with Crippen molar-refractivity contribution in [3.63, 3.8) is 0 Å². The average Bonchev–Trinajstić information content (AvgIpc) is 3.50. The molecular weight excluding hydrogens is 566 g/mol. The molecule has 1 amide bonds. The summed E-state index contributed by atoms with van der Waals surface area (Å²) < 4.78 is 20.6. The van der Waals surface area contributed by atoms with Gasteiger partial charge in [-0.3, -0.25) is 0 Å². The van der Waals surface area contributed by atoms with Crippen LogP contribution < -0.4 is 5.32 Å². The number of aliphatic hydroxyl groups excluding tert-OH is 1. The van der Waals surface area contributed by atoms with Crippen LogP contribution in [0, 0.1) is 5.92 Å². The number of carbonyl (C=O) groups is 1. The zero-order chi connectivity index (χ0) is 31.2. The number of benzene rings is 4. The van der Waals surface area contributed by atoms with Gasteiger partial charge in [0.2, 0.25) is 0 Å². The van der Waals surface area contributed by atoms with Gasteiger partial charge in [-0.15, -0.1) is 0 Å². The molecule has 2 N–H and O–H groups in total. The SMILES string of the molecule is C=CCOC(=O)NCc1cccc(-c2cccc([C@H]3O[C@@H](Cn4cnc5ccccc54)[C@@H](C)[C@@H](c4ccc(CO)cc4)O3)c2)c1. The van der Waals surface area contributed by atoms with E-state index in [-0.39, 0.29) is 31.3 Å². The number of hydrogen-bond donors (Lipinski definition) is 2. The maximum atomic E-state index is 11.9. The third-order valence-electron chi connectivity index (χ3n) is 8.22. The minimum atomic E-state index is -0.604. The van der Waals surface area contributed by atoms with E-state index in [1.165, 1.54) is 6.08 Å². The topological polar surface area (TPSA) is 94.8 Å². The molecule has 0 aliphatic carbocycles. The summed E-state index contributed by atoms with van der Waals surface area (Å²) in [5.41, 5.74) is 7.79. The van der Waals surface area contributed by atoms with Gasteiger partial charge in [0.25, 0.3) is 0 Å². The minimum Gasteiger partial charge on any atom is -0.445 e. The van der Waals surface area contributed by atoms with Gasteiger partial charge in [0, 0.05) is 18.0 Å². The van der Waals surface area contributed by atoms with Gasteiger partial charge in [-0.2, -0.15) is 0 Å². The second-order valence-corrected chi connectivity index (χ2v) is 11.3. The molecule has 0 spiro atoms. The van der Waals surface area contributed by atoms with E-state index in [0.717, 1.165) is 44.4 Å². The normalized spacial score (nSPS) is 19.7. The van der Waals surface area contributed by atoms with E-state index in [1.54, 1.807) is 0 Å². The Hall–Kier alpha value is -4.76. The number of alkyl carbamates (subject to hydrolysis) is 1. The van der Waals surface area contributed by atoms with Gasteiger partial charge in [0.1, 0.15) is 6.61 Å². The fraction of sp³-hybridized carbons (Fsp3) is 0.243. The highest BCUT2D eigenvalue weighted by molar-refractivity contribution is 5.75. The highest BCUT2D eigenvalue weighted by Gasteiger charge is 2.38. The van der Waals surface area contributed by atoms with Crippen molar-refractivity contribution in [2.75, 3.05) is 6.61 Å². The standard InChI is InChI=1S/C37H37N3O5/c1-3-18-43-37(42)38-21-27-8-6-9-29(19-27)30-10-7-11-31(20-30)36-44-34(22-40-24-39-32-12-4-5-13-33(32)40)25(2)35(45-36)28-16-14-26(23-41)15-17-28/h3-17,19-20,24-25,34-36,41H,1,18,21-23H2,2H3,(H,38,42)/t25-,34+,35+,36+/m1/s1. The number of fused-ring (bicyclic) bond motifs is 1. The van der Waals surface area contributed by atoms with E-state index >= 15 is 0 Å². The average molecular weight is 604 g/mol. The molecular formula is C37H37N3O5. The summed E-state index contributed by atoms with van der Waals surface area (Å²) in [6.07, 6.45) is 1.93. The van der Waals surface area contributed by atoms with Crippen molar-refractivity contribution in [1.82, 2.24) is 14.9 Å². The van der Waals surface area contributed by atoms with Crippen LogP contribution in [-0.4, -0.2) is 33.5 Å². The molecule has 1 fully saturated rings. The van der Waals surface area contributed by atoms with Crippen molar-refractivity contribution >= 4 is 17.1 Å². The predicted octanol–water partition coefficient (Wildman–Crippen LogP) is 7.10. The molecule has 45 heavy (non-hydrogen) atoms. The second kappa shape index (κ2) is 13.9. The minimum absolute atomic E-state index is 0.00707. The first-order valence-corrected chi connectivity index (χ1v) is 15.1. The molecule has 1 aliphatic rings. The Morgan fingerprint density at radius 1 is 0.956 bits per heavy atom. The third-order valence-corrected chi connectivity index (χ3v) is 8.22. The third kappa shape index (κ3) is 6.99. The highest BCUT2D eigenvalue weighted by atomic mass is 16.7. The predicted molar refractivity (Wildman–Crippen MR) is 173 cm³/mol. The zero-order valence-electron chi connectivity index (χ0n) is 25.2. The molecule has 1 aliphatic heterocycles. The molecule has 5 aromatic rings. The number of para-hydroxylation sites is 2. The maximum absolute atomic E-state index is 11.9. The number of aliphatic hydroxyl groups is 1. The number of nitrogens with zero attached hydrogens (tertiary/aromatic N) is 2. The van der Waals surface area contributed by atoms with Crippen LogP contribution in [-0.2, 0) is 33.9 Å². The highest BCUT2D eigenvalue weighted by Crippen LogP contribution is 2.43. The largest absolute Gasteiger partial charge is 0.445 e. The summed E-state index contributed by atoms with van der Waals surface area (Å²) in [7, 11) is 0. The van der Waals surface area contributed by atoms with E-state index in [0.29, 0.717) is 13.1 Å². The number of nitrogens with one attached hydrogen (secondary N) is 1. The van der Waals surface area contributed by atoms with Crippen molar-refractivity contribution < 1.29 is 24.1 Å². The Balaban J connectivity index is 1.27. The van der Waals surface area contributed by atoms with E-state index < -0.39 is 12.4 Å². The molecule has 6 rings (SSSR count). The number of amides is 1. The fourth-order valence-corrected chi connectivity index (χ4v) is 5.76. The Morgan fingerprint density at radius 2 is 1.73 bits per heavy atom. The quantitative estimate of drug-likeness (QED) is 0.165. The number of carbonyl (C=O) groups excluding carboxylic acids is 1. The van der Waals surface area contributed by atoms with Crippen LogP contribution in [0.15, 0.2) is 116 Å². The molecule has 0 bridgehead atoms. The Bertz CT molecular complexity index is 1770. The molecule has 230 valence electrons. The van der Waals surface area contributed by atoms with Crippen molar-refractivity contribution in [3.05, 3.63) is 138 Å². The van der Waals surface area contributed by atoms with E-state index in [2.05, 4.69) is 52.6 Å². The first-order valence-electron chi connectivity index (χ1n) is 15.1. The van der Waals surface area contributed by atoms with Gasteiger partial charge in [0.15, 0.2) is 6.29 Å². The molecule has 4 aromatic carbocycles. The lowest BCUT2D eigenvalue weighted by molar-refractivity contribution is -0.276. The van der Waals surface area contributed by atoms with Gasteiger partial charge < -0.3 is 29.2 Å². The van der Waals surface area contributed by atoms with Crippen LogP contribution in [0.1, 0.15) is 41.6 Å². The number of rotatable bonds is 10. The molecule has 1 saturated heterocycles. The van der Waals surface area contributed by atoms with E-state index in [4.69, 9.17) is 14.2 Å². The first kappa shape index (κ1) is 30.3. The van der Waals surface area contributed by atoms with Crippen molar-refractivity contribution in [3.8, 4) is 11.1 Å². The van der Waals surface area contributed by atoms with Gasteiger partial charge in [-0.1, -0.05) is 92.4 Å². The zero-order valence-corrected chi connectivity index (χ0v) is 25.2. The van der Waals surface area contributed by atoms with E-state index in [9.17, 15) is 9.90 Å². The van der Waals surface area contributed by atoms with Crippen molar-refractivity contribution in [2.24, 2.45) is 5.92 Å². The Labute approximate surface area is 262 Å². The summed E-state index contributed by atoms with van der Waals surface area (Å²) in [6.45, 7) is 6.85. The molecule has 8 heteroatoms. The molecule has 0 unspecified atom stereocenters. The number of imidazole rings is 1.